The molecule has 1 fully saturated rings. The Hall–Kier alpha value is -2.03. The van der Waals surface area contributed by atoms with E-state index in [9.17, 15) is 4.79 Å². The summed E-state index contributed by atoms with van der Waals surface area (Å²) >= 11 is 0. The molecule has 0 aromatic heterocycles. The number of fused-ring (bicyclic) bond motifs is 1. The third-order valence-electron chi connectivity index (χ3n) is 5.16. The van der Waals surface area contributed by atoms with E-state index in [-0.39, 0.29) is 17.1 Å². The fourth-order valence-electron chi connectivity index (χ4n) is 3.62. The van der Waals surface area contributed by atoms with Crippen molar-refractivity contribution in [3.63, 3.8) is 0 Å². The molecule has 3 heteroatoms. The Labute approximate surface area is 131 Å². The molecule has 3 nitrogen and oxygen atoms in total. The summed E-state index contributed by atoms with van der Waals surface area (Å²) in [6.07, 6.45) is 6.90. The second-order valence-electron chi connectivity index (χ2n) is 6.69. The lowest BCUT2D eigenvalue weighted by atomic mass is 9.48. The molecule has 1 saturated carbocycles. The lowest BCUT2D eigenvalue weighted by Crippen LogP contribution is -2.52. The number of allylic oxidation sites excluding steroid dienone is 3. The Morgan fingerprint density at radius 2 is 1.68 bits per heavy atom. The number of hydrogen-bond donors (Lipinski definition) is 0. The molecule has 0 saturated heterocycles. The van der Waals surface area contributed by atoms with E-state index in [0.29, 0.717) is 5.92 Å². The van der Waals surface area contributed by atoms with Crippen LogP contribution < -0.4 is 9.47 Å². The average molecular weight is 298 g/mol. The SMILES string of the molecule is COc1cc(C=CC2=CC(=O)[C@H]3C[C@@H]2C3(C)C)cc(OC)c1. The number of methoxy groups -OCH3 is 2. The Kier molecular flexibility index (Phi) is 3.59. The van der Waals surface area contributed by atoms with E-state index in [0.717, 1.165) is 29.1 Å². The first kappa shape index (κ1) is 14.9. The van der Waals surface area contributed by atoms with Gasteiger partial charge in [0.1, 0.15) is 11.5 Å². The van der Waals surface area contributed by atoms with Crippen molar-refractivity contribution in [1.29, 1.82) is 0 Å². The van der Waals surface area contributed by atoms with Crippen molar-refractivity contribution in [2.75, 3.05) is 14.2 Å². The van der Waals surface area contributed by atoms with E-state index in [1.54, 1.807) is 14.2 Å². The molecular formula is C19H22O3. The molecule has 1 aromatic carbocycles. The number of carbonyl (C=O) groups excluding carboxylic acids is 1. The molecule has 0 N–H and O–H groups in total. The third-order valence-corrected chi connectivity index (χ3v) is 5.16. The van der Waals surface area contributed by atoms with Crippen molar-refractivity contribution in [3.8, 4) is 11.5 Å². The van der Waals surface area contributed by atoms with Crippen molar-refractivity contribution >= 4 is 11.9 Å². The molecule has 3 aliphatic rings. The van der Waals surface area contributed by atoms with Crippen molar-refractivity contribution < 1.29 is 14.3 Å². The minimum absolute atomic E-state index is 0.0948. The number of ether oxygens (including phenoxy) is 2. The van der Waals surface area contributed by atoms with Gasteiger partial charge in [0.05, 0.1) is 14.2 Å². The Morgan fingerprint density at radius 3 is 2.18 bits per heavy atom. The van der Waals surface area contributed by atoms with Gasteiger partial charge in [-0.3, -0.25) is 4.79 Å². The van der Waals surface area contributed by atoms with Gasteiger partial charge in [-0.2, -0.15) is 0 Å². The molecule has 1 aromatic rings. The van der Waals surface area contributed by atoms with Gasteiger partial charge in [-0.15, -0.1) is 0 Å². The van der Waals surface area contributed by atoms with E-state index in [4.69, 9.17) is 9.47 Å². The van der Waals surface area contributed by atoms with Crippen molar-refractivity contribution in [1.82, 2.24) is 0 Å². The van der Waals surface area contributed by atoms with Gasteiger partial charge in [-0.25, -0.2) is 0 Å². The van der Waals surface area contributed by atoms with Crippen LogP contribution in [0.25, 0.3) is 6.08 Å². The van der Waals surface area contributed by atoms with Gasteiger partial charge in [-0.05, 0) is 47.1 Å². The summed E-state index contributed by atoms with van der Waals surface area (Å²) in [5, 5.41) is 0. The van der Waals surface area contributed by atoms with Crippen LogP contribution in [0.1, 0.15) is 25.8 Å². The standard InChI is InChI=1S/C19H22O3/c1-19(2)16-11-17(19)18(20)9-13(16)6-5-12-7-14(21-3)10-15(8-12)22-4/h5-10,16-17H,11H2,1-4H3/t16-,17+/m0/s1. The fourth-order valence-corrected chi connectivity index (χ4v) is 3.62. The topological polar surface area (TPSA) is 35.5 Å². The molecule has 0 spiro atoms. The van der Waals surface area contributed by atoms with Crippen LogP contribution in [-0.2, 0) is 4.79 Å². The van der Waals surface area contributed by atoms with Crippen LogP contribution in [0.2, 0.25) is 0 Å². The van der Waals surface area contributed by atoms with Gasteiger partial charge in [0.25, 0.3) is 0 Å². The minimum atomic E-state index is 0.0948. The maximum absolute atomic E-state index is 12.1. The molecule has 3 aliphatic carbocycles. The Balaban J connectivity index is 1.87. The van der Waals surface area contributed by atoms with E-state index in [1.807, 2.05) is 30.4 Å². The Bertz CT molecular complexity index is 645. The first-order chi connectivity index (χ1) is 10.5. The maximum atomic E-state index is 12.1. The van der Waals surface area contributed by atoms with Crippen LogP contribution in [-0.4, -0.2) is 20.0 Å². The van der Waals surface area contributed by atoms with E-state index < -0.39 is 0 Å². The first-order valence-electron chi connectivity index (χ1n) is 7.62. The van der Waals surface area contributed by atoms with Gasteiger partial charge in [0.2, 0.25) is 0 Å². The lowest BCUT2D eigenvalue weighted by molar-refractivity contribution is -0.133. The van der Waals surface area contributed by atoms with E-state index >= 15 is 0 Å². The summed E-state index contributed by atoms with van der Waals surface area (Å²) in [6, 6.07) is 5.76. The van der Waals surface area contributed by atoms with Crippen molar-refractivity contribution in [3.05, 3.63) is 41.5 Å². The van der Waals surface area contributed by atoms with Crippen LogP contribution in [0.5, 0.6) is 11.5 Å². The highest BCUT2D eigenvalue weighted by molar-refractivity contribution is 5.96. The second kappa shape index (κ2) is 5.31. The first-order valence-corrected chi connectivity index (χ1v) is 7.62. The molecule has 116 valence electrons. The summed E-state index contributed by atoms with van der Waals surface area (Å²) < 4.78 is 10.6. The summed E-state index contributed by atoms with van der Waals surface area (Å²) in [5.41, 5.74) is 2.24. The molecule has 2 bridgehead atoms. The lowest BCUT2D eigenvalue weighted by Gasteiger charge is -2.54. The van der Waals surface area contributed by atoms with E-state index in [2.05, 4.69) is 19.9 Å². The van der Waals surface area contributed by atoms with E-state index in [1.165, 1.54) is 0 Å². The molecule has 22 heavy (non-hydrogen) atoms. The molecule has 0 unspecified atom stereocenters. The van der Waals surface area contributed by atoms with Gasteiger partial charge in [0, 0.05) is 12.0 Å². The highest BCUT2D eigenvalue weighted by atomic mass is 16.5. The smallest absolute Gasteiger partial charge is 0.159 e. The number of benzene rings is 1. The zero-order valence-electron chi connectivity index (χ0n) is 13.6. The van der Waals surface area contributed by atoms with Crippen LogP contribution in [0, 0.1) is 17.3 Å². The summed E-state index contributed by atoms with van der Waals surface area (Å²) in [7, 11) is 3.28. The maximum Gasteiger partial charge on any atom is 0.159 e. The molecule has 0 amide bonds. The number of carbonyl (C=O) groups is 1. The second-order valence-corrected chi connectivity index (χ2v) is 6.69. The molecule has 0 aliphatic heterocycles. The normalized spacial score (nSPS) is 25.6. The molecule has 0 heterocycles. The van der Waals surface area contributed by atoms with Gasteiger partial charge >= 0.3 is 0 Å². The zero-order valence-corrected chi connectivity index (χ0v) is 13.6. The summed E-state index contributed by atoms with van der Waals surface area (Å²) in [5.74, 6) is 2.49. The predicted octanol–water partition coefficient (Wildman–Crippen LogP) is 3.89. The van der Waals surface area contributed by atoms with Gasteiger partial charge in [0.15, 0.2) is 5.78 Å². The summed E-state index contributed by atoms with van der Waals surface area (Å²) in [6.45, 7) is 4.39. The predicted molar refractivity (Wildman–Crippen MR) is 87.0 cm³/mol. The van der Waals surface area contributed by atoms with Crippen LogP contribution in [0.3, 0.4) is 0 Å². The number of rotatable bonds is 4. The largest absolute Gasteiger partial charge is 0.497 e. The summed E-state index contributed by atoms with van der Waals surface area (Å²) in [4.78, 5) is 12.1. The van der Waals surface area contributed by atoms with Gasteiger partial charge in [-0.1, -0.05) is 26.0 Å². The highest BCUT2D eigenvalue weighted by Gasteiger charge is 2.54. The number of ketones is 1. The van der Waals surface area contributed by atoms with Crippen molar-refractivity contribution in [2.24, 2.45) is 17.3 Å². The number of hydrogen-bond acceptors (Lipinski definition) is 3. The molecule has 2 atom stereocenters. The fraction of sp³-hybridized carbons (Fsp3) is 0.421. The van der Waals surface area contributed by atoms with Crippen molar-refractivity contribution in [2.45, 2.75) is 20.3 Å². The molecule has 4 rings (SSSR count). The Morgan fingerprint density at radius 1 is 1.05 bits per heavy atom. The van der Waals surface area contributed by atoms with Crippen LogP contribution in [0.4, 0.5) is 0 Å². The molecular weight excluding hydrogens is 276 g/mol. The van der Waals surface area contributed by atoms with Crippen LogP contribution in [0.15, 0.2) is 35.9 Å². The molecule has 0 radical (unpaired) electrons. The van der Waals surface area contributed by atoms with Gasteiger partial charge < -0.3 is 9.47 Å². The monoisotopic (exact) mass is 298 g/mol. The highest BCUT2D eigenvalue weighted by Crippen LogP contribution is 2.58. The average Bonchev–Trinajstić information content (AvgIpc) is 2.51. The minimum Gasteiger partial charge on any atom is -0.497 e. The quantitative estimate of drug-likeness (QED) is 0.846. The van der Waals surface area contributed by atoms with Crippen LogP contribution >= 0.6 is 0 Å². The third kappa shape index (κ3) is 2.35. The zero-order chi connectivity index (χ0) is 15.9.